The van der Waals surface area contributed by atoms with Crippen LogP contribution in [-0.2, 0) is 0 Å². The third kappa shape index (κ3) is 4.54. The number of aromatic nitrogens is 8. The fourth-order valence-electron chi connectivity index (χ4n) is 5.04. The van der Waals surface area contributed by atoms with Crippen molar-refractivity contribution >= 4 is 21.8 Å². The van der Waals surface area contributed by atoms with E-state index < -0.39 is 0 Å². The average molecular weight is 579 g/mol. The molecule has 0 N–H and O–H groups in total. The summed E-state index contributed by atoms with van der Waals surface area (Å²) in [6, 6.07) is 35.0. The van der Waals surface area contributed by atoms with E-state index in [1.165, 1.54) is 24.3 Å². The first-order chi connectivity index (χ1) is 21.6. The summed E-state index contributed by atoms with van der Waals surface area (Å²) in [6.07, 6.45) is 0. The molecule has 0 aliphatic heterocycles. The van der Waals surface area contributed by atoms with Crippen LogP contribution in [0.25, 0.3) is 67.9 Å². The molecule has 0 fully saturated rings. The fraction of sp³-hybridized carbons (Fsp3) is 0. The molecule has 8 rings (SSSR count). The molecule has 44 heavy (non-hydrogen) atoms. The molecule has 0 aliphatic carbocycles. The first-order valence-electron chi connectivity index (χ1n) is 13.8. The molecular weight excluding hydrogens is 558 g/mol. The molecule has 8 aromatic rings. The van der Waals surface area contributed by atoms with Gasteiger partial charge in [0.15, 0.2) is 0 Å². The van der Waals surface area contributed by atoms with Gasteiger partial charge in [0.2, 0.25) is 23.3 Å². The maximum absolute atomic E-state index is 13.9. The molecule has 4 aromatic heterocycles. The molecule has 0 spiro atoms. The number of halogens is 2. The quantitative estimate of drug-likeness (QED) is 0.214. The number of fused-ring (bicyclic) bond motifs is 2. The van der Waals surface area contributed by atoms with Crippen molar-refractivity contribution in [1.82, 2.24) is 39.5 Å². The molecule has 4 aromatic carbocycles. The van der Waals surface area contributed by atoms with Gasteiger partial charge >= 0.3 is 0 Å². The minimum Gasteiger partial charge on any atom is -0.244 e. The number of hydrogen-bond acceptors (Lipinski definition) is 6. The van der Waals surface area contributed by atoms with Gasteiger partial charge in [0.05, 0.1) is 22.4 Å². The van der Waals surface area contributed by atoms with Gasteiger partial charge in [-0.05, 0) is 72.8 Å². The highest BCUT2D eigenvalue weighted by Gasteiger charge is 2.24. The number of rotatable bonds is 5. The van der Waals surface area contributed by atoms with Crippen LogP contribution in [0.5, 0.6) is 0 Å². The van der Waals surface area contributed by atoms with Crippen LogP contribution in [-0.4, -0.2) is 39.5 Å². The van der Waals surface area contributed by atoms with E-state index in [1.807, 2.05) is 72.8 Å². The largest absolute Gasteiger partial charge is 0.244 e. The highest BCUT2D eigenvalue weighted by molar-refractivity contribution is 5.82. The van der Waals surface area contributed by atoms with E-state index >= 15 is 0 Å². The Labute approximate surface area is 249 Å². The number of para-hydroxylation sites is 2. The van der Waals surface area contributed by atoms with Crippen LogP contribution >= 0.6 is 0 Å². The number of pyridine rings is 2. The molecule has 0 radical (unpaired) electrons. The SMILES string of the molecule is Fc1ccc(-n2nc(-c3ccc4ccccc4n3)nc2-c2nc(-c3ccc4ccccc4n3)nn2-c2ccc(F)cc2)cc1. The molecular formula is C34H20F2N8. The number of benzene rings is 4. The lowest BCUT2D eigenvalue weighted by atomic mass is 10.2. The summed E-state index contributed by atoms with van der Waals surface area (Å²) < 4.78 is 31.0. The van der Waals surface area contributed by atoms with E-state index in [1.54, 1.807) is 33.6 Å². The molecule has 210 valence electrons. The average Bonchev–Trinajstić information content (AvgIpc) is 3.71. The second kappa shape index (κ2) is 10.3. The smallest absolute Gasteiger partial charge is 0.201 e. The molecule has 0 saturated heterocycles. The van der Waals surface area contributed by atoms with Crippen molar-refractivity contribution in [2.45, 2.75) is 0 Å². The highest BCUT2D eigenvalue weighted by atomic mass is 19.1. The van der Waals surface area contributed by atoms with E-state index in [2.05, 4.69) is 0 Å². The van der Waals surface area contributed by atoms with Gasteiger partial charge in [0, 0.05) is 10.8 Å². The maximum Gasteiger partial charge on any atom is 0.201 e. The van der Waals surface area contributed by atoms with Gasteiger partial charge < -0.3 is 0 Å². The first kappa shape index (κ1) is 25.5. The minimum atomic E-state index is -0.383. The standard InChI is InChI=1S/C34H20F2N8/c35-23-11-15-25(16-12-23)43-33(39-31(41-43)29-19-9-21-5-1-3-7-27(21)37-29)34-40-32(42-44(34)26-17-13-24(36)14-18-26)30-20-10-22-6-2-4-8-28(22)38-30/h1-20H. The third-order valence-electron chi connectivity index (χ3n) is 7.21. The molecule has 10 heteroatoms. The molecule has 8 nitrogen and oxygen atoms in total. The van der Waals surface area contributed by atoms with Crippen molar-refractivity contribution in [3.8, 4) is 46.1 Å². The summed E-state index contributed by atoms with van der Waals surface area (Å²) in [5.74, 6) is 0.566. The maximum atomic E-state index is 13.9. The highest BCUT2D eigenvalue weighted by Crippen LogP contribution is 2.29. The molecule has 0 unspecified atom stereocenters. The lowest BCUT2D eigenvalue weighted by Gasteiger charge is -2.07. The monoisotopic (exact) mass is 578 g/mol. The van der Waals surface area contributed by atoms with Gasteiger partial charge in [0.25, 0.3) is 0 Å². The van der Waals surface area contributed by atoms with Gasteiger partial charge in [-0.2, -0.15) is 0 Å². The fourth-order valence-corrected chi connectivity index (χ4v) is 5.04. The van der Waals surface area contributed by atoms with Crippen molar-refractivity contribution in [2.75, 3.05) is 0 Å². The van der Waals surface area contributed by atoms with Crippen LogP contribution in [0.15, 0.2) is 121 Å². The van der Waals surface area contributed by atoms with Gasteiger partial charge in [-0.25, -0.2) is 38.1 Å². The Balaban J connectivity index is 1.36. The van der Waals surface area contributed by atoms with E-state index in [4.69, 9.17) is 30.1 Å². The summed E-state index contributed by atoms with van der Waals surface area (Å²) >= 11 is 0. The summed E-state index contributed by atoms with van der Waals surface area (Å²) in [5.41, 5.74) is 3.80. The van der Waals surface area contributed by atoms with Gasteiger partial charge in [-0.15, -0.1) is 10.2 Å². The number of hydrogen-bond donors (Lipinski definition) is 0. The van der Waals surface area contributed by atoms with E-state index in [0.717, 1.165) is 21.8 Å². The van der Waals surface area contributed by atoms with Crippen LogP contribution in [0.1, 0.15) is 0 Å². The Morgan fingerprint density at radius 3 is 1.25 bits per heavy atom. The van der Waals surface area contributed by atoms with Crippen LogP contribution < -0.4 is 0 Å². The zero-order chi connectivity index (χ0) is 29.6. The zero-order valence-electron chi connectivity index (χ0n) is 22.9. The van der Waals surface area contributed by atoms with Gasteiger partial charge in [-0.3, -0.25) is 0 Å². The van der Waals surface area contributed by atoms with Crippen LogP contribution in [0.3, 0.4) is 0 Å². The molecule has 0 aliphatic rings. The molecule has 0 bridgehead atoms. The lowest BCUT2D eigenvalue weighted by molar-refractivity contribution is 0.626. The first-order valence-corrected chi connectivity index (χ1v) is 13.8. The summed E-state index contributed by atoms with van der Waals surface area (Å²) in [5, 5.41) is 11.6. The van der Waals surface area contributed by atoms with Crippen molar-refractivity contribution in [3.05, 3.63) is 133 Å². The Kier molecular flexibility index (Phi) is 5.97. The molecule has 0 atom stereocenters. The van der Waals surface area contributed by atoms with Crippen LogP contribution in [0.4, 0.5) is 8.78 Å². The summed E-state index contributed by atoms with van der Waals surface area (Å²) in [6.45, 7) is 0. The predicted octanol–water partition coefficient (Wildman–Crippen LogP) is 7.22. The Hall–Kier alpha value is -6.16. The zero-order valence-corrected chi connectivity index (χ0v) is 22.9. The summed E-state index contributed by atoms with van der Waals surface area (Å²) in [7, 11) is 0. The van der Waals surface area contributed by atoms with Crippen molar-refractivity contribution in [1.29, 1.82) is 0 Å². The molecule has 0 amide bonds. The lowest BCUT2D eigenvalue weighted by Crippen LogP contribution is -2.06. The minimum absolute atomic E-state index is 0.324. The third-order valence-corrected chi connectivity index (χ3v) is 7.21. The van der Waals surface area contributed by atoms with Crippen molar-refractivity contribution < 1.29 is 8.78 Å². The molecule has 0 saturated carbocycles. The van der Waals surface area contributed by atoms with Crippen LogP contribution in [0, 0.1) is 11.6 Å². The number of nitrogens with zero attached hydrogens (tertiary/aromatic N) is 8. The summed E-state index contributed by atoms with van der Waals surface area (Å²) in [4.78, 5) is 19.4. The van der Waals surface area contributed by atoms with Gasteiger partial charge in [0.1, 0.15) is 23.0 Å². The Bertz CT molecular complexity index is 2140. The Morgan fingerprint density at radius 2 is 0.818 bits per heavy atom. The second-order valence-corrected chi connectivity index (χ2v) is 10.1. The van der Waals surface area contributed by atoms with E-state index in [-0.39, 0.29) is 11.6 Å². The van der Waals surface area contributed by atoms with Gasteiger partial charge in [-0.1, -0.05) is 48.5 Å². The topological polar surface area (TPSA) is 87.2 Å². The normalized spacial score (nSPS) is 11.4. The van der Waals surface area contributed by atoms with Crippen molar-refractivity contribution in [3.63, 3.8) is 0 Å². The van der Waals surface area contributed by atoms with E-state index in [0.29, 0.717) is 46.1 Å². The molecule has 4 heterocycles. The van der Waals surface area contributed by atoms with Crippen molar-refractivity contribution in [2.24, 2.45) is 0 Å². The predicted molar refractivity (Wildman–Crippen MR) is 163 cm³/mol. The van der Waals surface area contributed by atoms with Crippen LogP contribution in [0.2, 0.25) is 0 Å². The second-order valence-electron chi connectivity index (χ2n) is 10.1. The Morgan fingerprint density at radius 1 is 0.409 bits per heavy atom. The van der Waals surface area contributed by atoms with E-state index in [9.17, 15) is 8.78 Å².